The van der Waals surface area contributed by atoms with Gasteiger partial charge in [-0.25, -0.2) is 0 Å². The van der Waals surface area contributed by atoms with Crippen molar-refractivity contribution in [1.29, 1.82) is 0 Å². The molecule has 2 heterocycles. The van der Waals surface area contributed by atoms with E-state index in [-0.39, 0.29) is 5.41 Å². The van der Waals surface area contributed by atoms with Crippen LogP contribution in [0.3, 0.4) is 0 Å². The van der Waals surface area contributed by atoms with Gasteiger partial charge < -0.3 is 14.3 Å². The lowest BCUT2D eigenvalue weighted by Gasteiger charge is -2.40. The number of carbonyl (C=O) groups excluding carboxylic acids is 1. The van der Waals surface area contributed by atoms with Gasteiger partial charge in [-0.1, -0.05) is 31.3 Å². The molecule has 25 heavy (non-hydrogen) atoms. The fraction of sp³-hybridized carbons (Fsp3) is 0.842. The molecule has 140 valence electrons. The molecule has 6 nitrogen and oxygen atoms in total. The predicted molar refractivity (Wildman–Crippen MR) is 97.4 cm³/mol. The van der Waals surface area contributed by atoms with Gasteiger partial charge in [0.2, 0.25) is 5.91 Å². The van der Waals surface area contributed by atoms with Gasteiger partial charge in [-0.05, 0) is 38.0 Å². The zero-order valence-electron chi connectivity index (χ0n) is 16.0. The van der Waals surface area contributed by atoms with Crippen molar-refractivity contribution in [3.8, 4) is 0 Å². The molecule has 0 N–H and O–H groups in total. The van der Waals surface area contributed by atoms with Crippen LogP contribution in [-0.2, 0) is 11.2 Å². The number of carbonyl (C=O) groups is 1. The molecule has 1 saturated carbocycles. The van der Waals surface area contributed by atoms with Crippen molar-refractivity contribution in [2.75, 3.05) is 32.1 Å². The topological polar surface area (TPSA) is 62.5 Å². The van der Waals surface area contributed by atoms with E-state index >= 15 is 0 Å². The predicted octanol–water partition coefficient (Wildman–Crippen LogP) is 3.28. The van der Waals surface area contributed by atoms with Gasteiger partial charge in [-0.3, -0.25) is 4.79 Å². The molecular weight excluding hydrogens is 316 g/mol. The quantitative estimate of drug-likeness (QED) is 0.817. The number of hydrogen-bond acceptors (Lipinski definition) is 5. The minimum Gasteiger partial charge on any atom is -0.342 e. The number of anilines is 1. The number of aryl methyl sites for hydroxylation is 1. The number of rotatable bonds is 5. The highest BCUT2D eigenvalue weighted by molar-refractivity contribution is 5.82. The number of hydrogen-bond donors (Lipinski definition) is 0. The molecule has 1 aromatic heterocycles. The van der Waals surface area contributed by atoms with E-state index in [0.29, 0.717) is 17.8 Å². The summed E-state index contributed by atoms with van der Waals surface area (Å²) < 4.78 is 5.20. The lowest BCUT2D eigenvalue weighted by atomic mass is 9.74. The number of nitrogens with zero attached hydrogens (tertiary/aromatic N) is 4. The molecule has 2 aliphatic rings. The standard InChI is InChI=1S/C19H32N4O2/c1-19(11-5-4-6-12-19)17(24)23-13-9-15(10-14-23)7-8-16-20-18(22(2)3)25-21-16/h15H,4-14H2,1-3H3. The molecule has 1 saturated heterocycles. The Bertz CT molecular complexity index is 570. The molecule has 0 bridgehead atoms. The molecule has 1 aliphatic heterocycles. The highest BCUT2D eigenvalue weighted by atomic mass is 16.5. The molecule has 1 aliphatic carbocycles. The molecule has 0 aromatic carbocycles. The molecule has 1 amide bonds. The fourth-order valence-corrected chi connectivity index (χ4v) is 4.21. The Labute approximate surface area is 150 Å². The van der Waals surface area contributed by atoms with Crippen LogP contribution < -0.4 is 4.90 Å². The minimum atomic E-state index is -0.0989. The van der Waals surface area contributed by atoms with Crippen LogP contribution in [0, 0.1) is 11.3 Å². The van der Waals surface area contributed by atoms with Gasteiger partial charge in [0, 0.05) is 39.0 Å². The second-order valence-corrected chi connectivity index (χ2v) is 8.28. The Balaban J connectivity index is 1.44. The molecular formula is C19H32N4O2. The monoisotopic (exact) mass is 348 g/mol. The van der Waals surface area contributed by atoms with Crippen LogP contribution in [0.5, 0.6) is 0 Å². The van der Waals surface area contributed by atoms with Gasteiger partial charge in [0.25, 0.3) is 0 Å². The van der Waals surface area contributed by atoms with Crippen molar-refractivity contribution in [2.24, 2.45) is 11.3 Å². The molecule has 0 radical (unpaired) electrons. The van der Waals surface area contributed by atoms with Crippen LogP contribution in [-0.4, -0.2) is 48.1 Å². The first-order chi connectivity index (χ1) is 12.0. The second kappa shape index (κ2) is 7.75. The van der Waals surface area contributed by atoms with Gasteiger partial charge in [-0.2, -0.15) is 4.98 Å². The van der Waals surface area contributed by atoms with Crippen LogP contribution in [0.15, 0.2) is 4.52 Å². The largest absolute Gasteiger partial charge is 0.342 e. The third-order valence-corrected chi connectivity index (χ3v) is 5.99. The van der Waals surface area contributed by atoms with Crippen LogP contribution in [0.1, 0.15) is 64.1 Å². The Morgan fingerprint density at radius 1 is 1.24 bits per heavy atom. The Kier molecular flexibility index (Phi) is 5.64. The van der Waals surface area contributed by atoms with E-state index in [0.717, 1.165) is 57.4 Å². The fourth-order valence-electron chi connectivity index (χ4n) is 4.21. The number of amides is 1. The van der Waals surface area contributed by atoms with Crippen molar-refractivity contribution >= 4 is 11.9 Å². The highest BCUT2D eigenvalue weighted by Gasteiger charge is 2.38. The Morgan fingerprint density at radius 3 is 2.52 bits per heavy atom. The first kappa shape index (κ1) is 18.2. The van der Waals surface area contributed by atoms with Gasteiger partial charge in [0.15, 0.2) is 5.82 Å². The molecule has 6 heteroatoms. The average Bonchev–Trinajstić information content (AvgIpc) is 3.10. The summed E-state index contributed by atoms with van der Waals surface area (Å²) in [5.74, 6) is 1.85. The van der Waals surface area contributed by atoms with Crippen LogP contribution in [0.25, 0.3) is 0 Å². The zero-order chi connectivity index (χ0) is 17.9. The van der Waals surface area contributed by atoms with E-state index in [2.05, 4.69) is 22.0 Å². The average molecular weight is 348 g/mol. The molecule has 0 unspecified atom stereocenters. The van der Waals surface area contributed by atoms with Crippen molar-refractivity contribution in [2.45, 2.75) is 64.7 Å². The zero-order valence-corrected chi connectivity index (χ0v) is 16.0. The van der Waals surface area contributed by atoms with Gasteiger partial charge in [0.05, 0.1) is 0 Å². The summed E-state index contributed by atoms with van der Waals surface area (Å²) in [6, 6.07) is 0.566. The summed E-state index contributed by atoms with van der Waals surface area (Å²) in [6.07, 6.45) is 9.96. The Hall–Kier alpha value is -1.59. The van der Waals surface area contributed by atoms with E-state index in [1.165, 1.54) is 19.3 Å². The van der Waals surface area contributed by atoms with Crippen molar-refractivity contribution in [1.82, 2.24) is 15.0 Å². The summed E-state index contributed by atoms with van der Waals surface area (Å²) in [4.78, 5) is 21.3. The Morgan fingerprint density at radius 2 is 1.92 bits per heavy atom. The molecule has 0 atom stereocenters. The normalized spacial score (nSPS) is 21.3. The molecule has 2 fully saturated rings. The van der Waals surface area contributed by atoms with Gasteiger partial charge in [-0.15, -0.1) is 0 Å². The highest BCUT2D eigenvalue weighted by Crippen LogP contribution is 2.38. The summed E-state index contributed by atoms with van der Waals surface area (Å²) in [6.45, 7) is 4.00. The van der Waals surface area contributed by atoms with Crippen LogP contribution in [0.4, 0.5) is 6.01 Å². The van der Waals surface area contributed by atoms with E-state index in [1.54, 1.807) is 0 Å². The van der Waals surface area contributed by atoms with Crippen molar-refractivity contribution in [3.63, 3.8) is 0 Å². The second-order valence-electron chi connectivity index (χ2n) is 8.28. The first-order valence-electron chi connectivity index (χ1n) is 9.77. The third kappa shape index (κ3) is 4.33. The number of likely N-dealkylation sites (tertiary alicyclic amines) is 1. The lowest BCUT2D eigenvalue weighted by molar-refractivity contribution is -0.144. The van der Waals surface area contributed by atoms with Crippen molar-refractivity contribution in [3.05, 3.63) is 5.82 Å². The van der Waals surface area contributed by atoms with Gasteiger partial charge >= 0.3 is 6.01 Å². The third-order valence-electron chi connectivity index (χ3n) is 5.99. The molecule has 3 rings (SSSR count). The van der Waals surface area contributed by atoms with E-state index in [1.807, 2.05) is 19.0 Å². The summed E-state index contributed by atoms with van der Waals surface area (Å²) in [5, 5.41) is 4.04. The summed E-state index contributed by atoms with van der Waals surface area (Å²) in [7, 11) is 3.80. The van der Waals surface area contributed by atoms with Crippen LogP contribution >= 0.6 is 0 Å². The molecule has 1 aromatic rings. The number of piperidine rings is 1. The summed E-state index contributed by atoms with van der Waals surface area (Å²) in [5.41, 5.74) is -0.0989. The SMILES string of the molecule is CN(C)c1nc(CCC2CCN(C(=O)C3(C)CCCCC3)CC2)no1. The molecule has 0 spiro atoms. The minimum absolute atomic E-state index is 0.0989. The number of aromatic nitrogens is 2. The van der Waals surface area contributed by atoms with Crippen LogP contribution in [0.2, 0.25) is 0 Å². The van der Waals surface area contributed by atoms with Crippen molar-refractivity contribution < 1.29 is 9.32 Å². The smallest absolute Gasteiger partial charge is 0.323 e. The lowest BCUT2D eigenvalue weighted by Crippen LogP contribution is -2.47. The van der Waals surface area contributed by atoms with E-state index < -0.39 is 0 Å². The summed E-state index contributed by atoms with van der Waals surface area (Å²) >= 11 is 0. The first-order valence-corrected chi connectivity index (χ1v) is 9.77. The van der Waals surface area contributed by atoms with E-state index in [9.17, 15) is 4.79 Å². The van der Waals surface area contributed by atoms with E-state index in [4.69, 9.17) is 4.52 Å². The maximum absolute atomic E-state index is 12.9. The maximum atomic E-state index is 12.9. The van der Waals surface area contributed by atoms with Gasteiger partial charge in [0.1, 0.15) is 0 Å². The maximum Gasteiger partial charge on any atom is 0.323 e.